The molecule has 1 unspecified atom stereocenters. The van der Waals surface area contributed by atoms with Gasteiger partial charge in [0.2, 0.25) is 0 Å². The van der Waals surface area contributed by atoms with Crippen molar-refractivity contribution >= 4 is 27.8 Å². The number of nitrogens with zero attached hydrogens (tertiary/aromatic N) is 4. The Labute approximate surface area is 235 Å². The molecule has 0 spiro atoms. The van der Waals surface area contributed by atoms with Crippen LogP contribution >= 0.6 is 0 Å². The van der Waals surface area contributed by atoms with Crippen molar-refractivity contribution in [2.24, 2.45) is 30.7 Å². The number of hydrogen-bond donors (Lipinski definition) is 1. The van der Waals surface area contributed by atoms with Gasteiger partial charge in [-0.2, -0.15) is 0 Å². The molecule has 0 radical (unpaired) electrons. The molecule has 2 aromatic heterocycles. The van der Waals surface area contributed by atoms with Crippen LogP contribution in [0, 0.1) is 23.7 Å². The van der Waals surface area contributed by atoms with Gasteiger partial charge in [0.25, 0.3) is 5.91 Å². The molecule has 1 N–H and O–H groups in total. The maximum Gasteiger partial charge on any atom is 0.254 e. The van der Waals surface area contributed by atoms with Crippen molar-refractivity contribution in [1.82, 2.24) is 24.3 Å². The van der Waals surface area contributed by atoms with Crippen molar-refractivity contribution in [3.05, 3.63) is 47.5 Å². The highest BCUT2D eigenvalue weighted by molar-refractivity contribution is 6.00. The number of imidazole rings is 1. The molecule has 2 aliphatic heterocycles. The van der Waals surface area contributed by atoms with Crippen LogP contribution in [0.15, 0.2) is 36.4 Å². The molecule has 4 fully saturated rings. The number of nitrogens with one attached hydrogen (secondary N) is 1. The summed E-state index contributed by atoms with van der Waals surface area (Å²) in [6.07, 6.45) is 3.74. The lowest BCUT2D eigenvalue weighted by molar-refractivity contribution is 0.0752. The van der Waals surface area contributed by atoms with E-state index in [1.165, 1.54) is 29.3 Å². The van der Waals surface area contributed by atoms with E-state index in [-0.39, 0.29) is 5.91 Å². The minimum Gasteiger partial charge on any atom is -0.494 e. The summed E-state index contributed by atoms with van der Waals surface area (Å²) in [5.74, 6) is 4.93. The molecule has 0 bridgehead atoms. The van der Waals surface area contributed by atoms with Crippen LogP contribution in [0.25, 0.3) is 33.5 Å². The zero-order valence-electron chi connectivity index (χ0n) is 24.0. The Morgan fingerprint density at radius 2 is 1.98 bits per heavy atom. The molecule has 1 amide bonds. The third-order valence-electron chi connectivity index (χ3n) is 10.2. The Hall–Kier alpha value is -3.32. The predicted octanol–water partition coefficient (Wildman–Crippen LogP) is 5.42. The van der Waals surface area contributed by atoms with Gasteiger partial charge in [-0.3, -0.25) is 4.79 Å². The molecular formula is C33H39N5O2. The number of carbonyl (C=O) groups excluding carboxylic acids is 1. The average molecular weight is 538 g/mol. The third-order valence-corrected chi connectivity index (χ3v) is 10.2. The van der Waals surface area contributed by atoms with Crippen molar-refractivity contribution in [2.75, 3.05) is 26.7 Å². The summed E-state index contributed by atoms with van der Waals surface area (Å²) in [7, 11) is 3.77. The quantitative estimate of drug-likeness (QED) is 0.342. The summed E-state index contributed by atoms with van der Waals surface area (Å²) in [6, 6.07) is 13.4. The van der Waals surface area contributed by atoms with Crippen molar-refractivity contribution < 1.29 is 9.53 Å². The molecule has 2 aliphatic carbocycles. The molecule has 7 nitrogen and oxygen atoms in total. The first-order valence-corrected chi connectivity index (χ1v) is 15.1. The summed E-state index contributed by atoms with van der Waals surface area (Å²) in [5, 5.41) is 4.73. The molecule has 2 aromatic carbocycles. The van der Waals surface area contributed by atoms with Crippen LogP contribution in [-0.4, -0.2) is 57.7 Å². The number of amides is 1. The normalized spacial score (nSPS) is 24.2. The van der Waals surface area contributed by atoms with Crippen LogP contribution in [-0.2, 0) is 13.6 Å². The van der Waals surface area contributed by atoms with E-state index in [1.807, 2.05) is 12.1 Å². The van der Waals surface area contributed by atoms with E-state index in [0.29, 0.717) is 41.0 Å². The maximum absolute atomic E-state index is 13.8. The van der Waals surface area contributed by atoms with Gasteiger partial charge < -0.3 is 24.1 Å². The lowest BCUT2D eigenvalue weighted by Crippen LogP contribution is -2.40. The first-order chi connectivity index (χ1) is 19.4. The van der Waals surface area contributed by atoms with Crippen LogP contribution in [0.4, 0.5) is 0 Å². The lowest BCUT2D eigenvalue weighted by atomic mass is 9.92. The minimum absolute atomic E-state index is 0.115. The maximum atomic E-state index is 13.8. The summed E-state index contributed by atoms with van der Waals surface area (Å²) in [5.41, 5.74) is 6.39. The van der Waals surface area contributed by atoms with Crippen LogP contribution in [0.3, 0.4) is 0 Å². The van der Waals surface area contributed by atoms with Crippen LogP contribution in [0.5, 0.6) is 5.75 Å². The van der Waals surface area contributed by atoms with Crippen molar-refractivity contribution in [3.8, 4) is 17.3 Å². The largest absolute Gasteiger partial charge is 0.494 e. The average Bonchev–Trinajstić information content (AvgIpc) is 3.80. The second-order valence-electron chi connectivity index (χ2n) is 13.1. The first-order valence-electron chi connectivity index (χ1n) is 15.1. The number of aromatic nitrogens is 3. The molecule has 3 atom stereocenters. The topological polar surface area (TPSA) is 64.3 Å². The van der Waals surface area contributed by atoms with Gasteiger partial charge in [0.1, 0.15) is 11.3 Å². The number of fused-ring (bicyclic) bond motifs is 3. The molecule has 8 rings (SSSR count). The monoisotopic (exact) mass is 537 g/mol. The Morgan fingerprint density at radius 3 is 2.65 bits per heavy atom. The van der Waals surface area contributed by atoms with E-state index >= 15 is 0 Å². The van der Waals surface area contributed by atoms with Gasteiger partial charge in [0, 0.05) is 56.1 Å². The van der Waals surface area contributed by atoms with Gasteiger partial charge in [-0.15, -0.1) is 0 Å². The van der Waals surface area contributed by atoms with Crippen LogP contribution in [0.1, 0.15) is 54.9 Å². The number of ether oxygens (including phenoxy) is 1. The number of rotatable bonds is 7. The Balaban J connectivity index is 1.24. The van der Waals surface area contributed by atoms with E-state index < -0.39 is 0 Å². The number of para-hydroxylation sites is 1. The zero-order chi connectivity index (χ0) is 27.3. The smallest absolute Gasteiger partial charge is 0.254 e. The van der Waals surface area contributed by atoms with E-state index in [2.05, 4.69) is 64.5 Å². The Morgan fingerprint density at radius 1 is 1.15 bits per heavy atom. The number of benzene rings is 2. The minimum atomic E-state index is 0.115. The third kappa shape index (κ3) is 3.66. The standard InChI is InChI=1S/C33H39N5O2/c1-18(2)25-17-38(27-13-24(25)27)33(39)21-10-26-31(29(12-21)40-4)36(3)32(35-26)28-11-20-6-5-7-23(22-14-34-15-22)30(20)37(28)16-19-8-9-19/h5-7,10-12,18-19,22,24-25,27,34H,8-9,13-17H2,1-4H3/t24?,25-,27-/m1/s1. The number of piperidine rings is 1. The number of likely N-dealkylation sites (tertiary alicyclic amines) is 1. The van der Waals surface area contributed by atoms with E-state index in [9.17, 15) is 4.79 Å². The fourth-order valence-corrected chi connectivity index (χ4v) is 7.57. The molecule has 4 aliphatic rings. The fraction of sp³-hybridized carbons (Fsp3) is 0.515. The van der Waals surface area contributed by atoms with Gasteiger partial charge in [0.15, 0.2) is 5.82 Å². The van der Waals surface area contributed by atoms with E-state index in [0.717, 1.165) is 61.1 Å². The molecule has 2 saturated heterocycles. The van der Waals surface area contributed by atoms with Crippen molar-refractivity contribution in [2.45, 2.75) is 51.6 Å². The molecule has 4 aromatic rings. The highest BCUT2D eigenvalue weighted by atomic mass is 16.5. The van der Waals surface area contributed by atoms with Gasteiger partial charge >= 0.3 is 0 Å². The summed E-state index contributed by atoms with van der Waals surface area (Å²) in [4.78, 5) is 21.1. The van der Waals surface area contributed by atoms with Gasteiger partial charge in [-0.1, -0.05) is 32.0 Å². The fourth-order valence-electron chi connectivity index (χ4n) is 7.57. The summed E-state index contributed by atoms with van der Waals surface area (Å²) >= 11 is 0. The summed E-state index contributed by atoms with van der Waals surface area (Å²) < 4.78 is 10.6. The predicted molar refractivity (Wildman–Crippen MR) is 158 cm³/mol. The molecule has 40 heavy (non-hydrogen) atoms. The SMILES string of the molecule is COc1cc(C(=O)N2C[C@H](C(C)C)C3C[C@H]32)cc2nc(-c3cc4cccc(C5CNC5)c4n3CC3CC3)n(C)c12. The molecule has 208 valence electrons. The molecule has 7 heteroatoms. The second kappa shape index (κ2) is 8.84. The van der Waals surface area contributed by atoms with Crippen LogP contribution < -0.4 is 10.1 Å². The number of methoxy groups -OCH3 is 1. The summed E-state index contributed by atoms with van der Waals surface area (Å²) in [6.45, 7) is 8.54. The van der Waals surface area contributed by atoms with Gasteiger partial charge in [-0.25, -0.2) is 4.98 Å². The van der Waals surface area contributed by atoms with Gasteiger partial charge in [0.05, 0.1) is 23.8 Å². The highest BCUT2D eigenvalue weighted by Crippen LogP contribution is 2.51. The first kappa shape index (κ1) is 24.5. The van der Waals surface area contributed by atoms with Crippen molar-refractivity contribution in [1.29, 1.82) is 0 Å². The number of carbonyl (C=O) groups is 1. The molecule has 2 saturated carbocycles. The molecule has 4 heterocycles. The van der Waals surface area contributed by atoms with Crippen LogP contribution in [0.2, 0.25) is 0 Å². The lowest BCUT2D eigenvalue weighted by Gasteiger charge is -2.28. The highest BCUT2D eigenvalue weighted by Gasteiger charge is 2.55. The van der Waals surface area contributed by atoms with E-state index in [4.69, 9.17) is 9.72 Å². The Bertz CT molecular complexity index is 1660. The number of hydrogen-bond acceptors (Lipinski definition) is 4. The van der Waals surface area contributed by atoms with Crippen molar-refractivity contribution in [3.63, 3.8) is 0 Å². The Kier molecular flexibility index (Phi) is 5.41. The second-order valence-corrected chi connectivity index (χ2v) is 13.1. The zero-order valence-corrected chi connectivity index (χ0v) is 24.0. The van der Waals surface area contributed by atoms with E-state index in [1.54, 1.807) is 7.11 Å². The molecular weight excluding hydrogens is 498 g/mol. The number of aryl methyl sites for hydroxylation is 1. The van der Waals surface area contributed by atoms with Gasteiger partial charge in [-0.05, 0) is 66.7 Å².